The molecule has 0 aliphatic heterocycles. The predicted octanol–water partition coefficient (Wildman–Crippen LogP) is 4.57. The first kappa shape index (κ1) is 16.4. The normalized spacial score (nSPS) is 34.5. The molecule has 0 aromatic rings. The second-order valence-electron chi connectivity index (χ2n) is 6.43. The van der Waals surface area contributed by atoms with Crippen LogP contribution in [0.15, 0.2) is 0 Å². The molecule has 1 rings (SSSR count). The van der Waals surface area contributed by atoms with Gasteiger partial charge >= 0.3 is 0 Å². The van der Waals surface area contributed by atoms with E-state index in [1.54, 1.807) is 0 Å². The van der Waals surface area contributed by atoms with E-state index in [0.29, 0.717) is 0 Å². The summed E-state index contributed by atoms with van der Waals surface area (Å²) >= 11 is 2.24. The van der Waals surface area contributed by atoms with Crippen LogP contribution in [-0.4, -0.2) is 23.6 Å². The van der Waals surface area contributed by atoms with E-state index >= 15 is 0 Å². The quantitative estimate of drug-likeness (QED) is 0.728. The van der Waals surface area contributed by atoms with Crippen LogP contribution < -0.4 is 5.32 Å². The van der Waals surface area contributed by atoms with Crippen molar-refractivity contribution in [1.29, 1.82) is 0 Å². The monoisotopic (exact) mass is 271 g/mol. The maximum absolute atomic E-state index is 3.80. The fourth-order valence-electron chi connectivity index (χ4n) is 3.03. The van der Waals surface area contributed by atoms with Crippen LogP contribution in [-0.2, 0) is 0 Å². The van der Waals surface area contributed by atoms with E-state index in [-0.39, 0.29) is 0 Å². The fourth-order valence-corrected chi connectivity index (χ4v) is 4.70. The minimum Gasteiger partial charge on any atom is -0.313 e. The van der Waals surface area contributed by atoms with Gasteiger partial charge in [-0.3, -0.25) is 0 Å². The Balaban J connectivity index is 2.51. The summed E-state index contributed by atoms with van der Waals surface area (Å²) in [5, 5.41) is 4.64. The molecule has 1 saturated carbocycles. The van der Waals surface area contributed by atoms with Crippen LogP contribution in [0.3, 0.4) is 0 Å². The summed E-state index contributed by atoms with van der Waals surface area (Å²) in [7, 11) is 0. The Morgan fingerprint density at radius 3 is 2.56 bits per heavy atom. The Hall–Kier alpha value is 0.310. The first-order valence-electron chi connectivity index (χ1n) is 7.93. The van der Waals surface area contributed by atoms with Crippen LogP contribution in [0.5, 0.6) is 0 Å². The summed E-state index contributed by atoms with van der Waals surface area (Å²) < 4.78 is 0. The lowest BCUT2D eigenvalue weighted by molar-refractivity contribution is 0.249. The van der Waals surface area contributed by atoms with Gasteiger partial charge in [0.05, 0.1) is 0 Å². The first-order chi connectivity index (χ1) is 8.58. The van der Waals surface area contributed by atoms with Crippen LogP contribution >= 0.6 is 11.8 Å². The van der Waals surface area contributed by atoms with Crippen LogP contribution in [0.25, 0.3) is 0 Å². The molecule has 0 amide bonds. The van der Waals surface area contributed by atoms with E-state index in [9.17, 15) is 0 Å². The van der Waals surface area contributed by atoms with Gasteiger partial charge in [-0.25, -0.2) is 0 Å². The smallest absolute Gasteiger partial charge is 0.0227 e. The minimum atomic E-state index is 0.748. The number of thioether (sulfide) groups is 1. The zero-order chi connectivity index (χ0) is 13.5. The summed E-state index contributed by atoms with van der Waals surface area (Å²) in [6, 6.07) is 0.748. The molecule has 0 aromatic carbocycles. The number of rotatable bonds is 7. The van der Waals surface area contributed by atoms with Crippen LogP contribution in [0, 0.1) is 17.8 Å². The van der Waals surface area contributed by atoms with Gasteiger partial charge in [-0.15, -0.1) is 0 Å². The maximum atomic E-state index is 3.80. The Bertz CT molecular complexity index is 219. The average molecular weight is 272 g/mol. The summed E-state index contributed by atoms with van der Waals surface area (Å²) in [4.78, 5) is 0. The molecular formula is C16H33NS. The van der Waals surface area contributed by atoms with Gasteiger partial charge in [0.1, 0.15) is 0 Å². The van der Waals surface area contributed by atoms with Crippen molar-refractivity contribution in [3.8, 4) is 0 Å². The summed E-state index contributed by atoms with van der Waals surface area (Å²) in [5.41, 5.74) is 0. The Labute approximate surface area is 119 Å². The minimum absolute atomic E-state index is 0.748. The van der Waals surface area contributed by atoms with Crippen molar-refractivity contribution in [1.82, 2.24) is 5.32 Å². The third kappa shape index (κ3) is 5.13. The molecule has 18 heavy (non-hydrogen) atoms. The lowest BCUT2D eigenvalue weighted by atomic mass is 9.80. The van der Waals surface area contributed by atoms with Gasteiger partial charge in [-0.2, -0.15) is 11.8 Å². The SMILES string of the molecule is CCCNC1CC(C)CC(C)C1SCC(C)CC. The van der Waals surface area contributed by atoms with Gasteiger partial charge in [0, 0.05) is 11.3 Å². The molecule has 2 heteroatoms. The molecule has 1 N–H and O–H groups in total. The highest BCUT2D eigenvalue weighted by Crippen LogP contribution is 2.37. The Kier molecular flexibility index (Phi) is 7.70. The Morgan fingerprint density at radius 1 is 1.22 bits per heavy atom. The van der Waals surface area contributed by atoms with E-state index in [2.05, 4.69) is 51.7 Å². The molecule has 0 radical (unpaired) electrons. The highest BCUT2D eigenvalue weighted by molar-refractivity contribution is 8.00. The summed E-state index contributed by atoms with van der Waals surface area (Å²) in [6.45, 7) is 13.0. The maximum Gasteiger partial charge on any atom is 0.0227 e. The van der Waals surface area contributed by atoms with E-state index in [4.69, 9.17) is 0 Å². The standard InChI is InChI=1S/C16H33NS/c1-6-8-17-15-10-13(4)9-14(5)16(15)18-11-12(3)7-2/h12-17H,6-11H2,1-5H3. The van der Waals surface area contributed by atoms with E-state index in [1.807, 2.05) is 0 Å². The molecule has 5 atom stereocenters. The molecule has 0 saturated heterocycles. The van der Waals surface area contributed by atoms with E-state index < -0.39 is 0 Å². The van der Waals surface area contributed by atoms with Crippen molar-refractivity contribution in [2.45, 2.75) is 71.6 Å². The van der Waals surface area contributed by atoms with Gasteiger partial charge in [-0.05, 0) is 49.3 Å². The number of hydrogen-bond acceptors (Lipinski definition) is 2. The van der Waals surface area contributed by atoms with Crippen molar-refractivity contribution in [3.05, 3.63) is 0 Å². The molecule has 0 heterocycles. The van der Waals surface area contributed by atoms with Crippen LogP contribution in [0.1, 0.15) is 60.3 Å². The third-order valence-electron chi connectivity index (χ3n) is 4.31. The molecule has 1 aliphatic rings. The van der Waals surface area contributed by atoms with Gasteiger partial charge in [0.15, 0.2) is 0 Å². The Morgan fingerprint density at radius 2 is 1.94 bits per heavy atom. The van der Waals surface area contributed by atoms with Gasteiger partial charge < -0.3 is 5.32 Å². The fraction of sp³-hybridized carbons (Fsp3) is 1.00. The van der Waals surface area contributed by atoms with Crippen LogP contribution in [0.2, 0.25) is 0 Å². The summed E-state index contributed by atoms with van der Waals surface area (Å²) in [5.74, 6) is 3.98. The predicted molar refractivity (Wildman–Crippen MR) is 85.3 cm³/mol. The number of nitrogens with one attached hydrogen (secondary N) is 1. The van der Waals surface area contributed by atoms with Gasteiger partial charge in [-0.1, -0.05) is 41.0 Å². The average Bonchev–Trinajstić information content (AvgIpc) is 2.34. The molecular weight excluding hydrogens is 238 g/mol. The summed E-state index contributed by atoms with van der Waals surface area (Å²) in [6.07, 6.45) is 5.37. The van der Waals surface area contributed by atoms with E-state index in [0.717, 1.165) is 29.0 Å². The second kappa shape index (κ2) is 8.47. The molecule has 0 spiro atoms. The molecule has 1 fully saturated rings. The van der Waals surface area contributed by atoms with Crippen molar-refractivity contribution >= 4 is 11.8 Å². The second-order valence-corrected chi connectivity index (χ2v) is 7.64. The van der Waals surface area contributed by atoms with Crippen molar-refractivity contribution in [3.63, 3.8) is 0 Å². The topological polar surface area (TPSA) is 12.0 Å². The van der Waals surface area contributed by atoms with Crippen LogP contribution in [0.4, 0.5) is 0 Å². The molecule has 1 nitrogen and oxygen atoms in total. The van der Waals surface area contributed by atoms with Gasteiger partial charge in [0.25, 0.3) is 0 Å². The molecule has 1 aliphatic carbocycles. The largest absolute Gasteiger partial charge is 0.313 e. The number of hydrogen-bond donors (Lipinski definition) is 1. The van der Waals surface area contributed by atoms with Crippen molar-refractivity contribution < 1.29 is 0 Å². The molecule has 108 valence electrons. The lowest BCUT2D eigenvalue weighted by Crippen LogP contribution is -2.46. The highest BCUT2D eigenvalue weighted by Gasteiger charge is 2.33. The van der Waals surface area contributed by atoms with E-state index in [1.165, 1.54) is 38.0 Å². The van der Waals surface area contributed by atoms with Crippen molar-refractivity contribution in [2.75, 3.05) is 12.3 Å². The molecule has 5 unspecified atom stereocenters. The van der Waals surface area contributed by atoms with Crippen molar-refractivity contribution in [2.24, 2.45) is 17.8 Å². The zero-order valence-corrected chi connectivity index (χ0v) is 13.9. The lowest BCUT2D eigenvalue weighted by Gasteiger charge is -2.40. The first-order valence-corrected chi connectivity index (χ1v) is 8.98. The van der Waals surface area contributed by atoms with Gasteiger partial charge in [0.2, 0.25) is 0 Å². The molecule has 0 bridgehead atoms. The third-order valence-corrected chi connectivity index (χ3v) is 6.25. The highest BCUT2D eigenvalue weighted by atomic mass is 32.2. The zero-order valence-electron chi connectivity index (χ0n) is 13.0. The molecule has 0 aromatic heterocycles.